The summed E-state index contributed by atoms with van der Waals surface area (Å²) < 4.78 is 0. The van der Waals surface area contributed by atoms with E-state index in [9.17, 15) is 0 Å². The van der Waals surface area contributed by atoms with Gasteiger partial charge in [-0.05, 0) is 64.2 Å². The summed E-state index contributed by atoms with van der Waals surface area (Å²) in [6, 6.07) is 0.788. The third-order valence-corrected chi connectivity index (χ3v) is 5.55. The summed E-state index contributed by atoms with van der Waals surface area (Å²) >= 11 is 0. The highest BCUT2D eigenvalue weighted by Gasteiger charge is 2.38. The van der Waals surface area contributed by atoms with E-state index in [1.165, 1.54) is 64.7 Å². The van der Waals surface area contributed by atoms with Gasteiger partial charge in [0.2, 0.25) is 0 Å². The molecule has 2 aliphatic rings. The first-order valence-corrected chi connectivity index (χ1v) is 9.14. The number of nitrogens with zero attached hydrogens (tertiary/aromatic N) is 2. The molecule has 0 amide bonds. The van der Waals surface area contributed by atoms with Gasteiger partial charge in [-0.3, -0.25) is 4.90 Å². The molecule has 0 spiro atoms. The Morgan fingerprint density at radius 1 is 1.24 bits per heavy atom. The van der Waals surface area contributed by atoms with Gasteiger partial charge in [0.1, 0.15) is 0 Å². The van der Waals surface area contributed by atoms with Crippen molar-refractivity contribution in [1.29, 1.82) is 0 Å². The summed E-state index contributed by atoms with van der Waals surface area (Å²) in [5.41, 5.74) is 0.530. The number of hydrogen-bond acceptors (Lipinski definition) is 3. The van der Waals surface area contributed by atoms with E-state index in [-0.39, 0.29) is 0 Å². The molecule has 3 nitrogen and oxygen atoms in total. The Kier molecular flexibility index (Phi) is 6.51. The van der Waals surface area contributed by atoms with Gasteiger partial charge >= 0.3 is 0 Å². The van der Waals surface area contributed by atoms with Crippen LogP contribution in [0.15, 0.2) is 0 Å². The fraction of sp³-hybridized carbons (Fsp3) is 1.00. The summed E-state index contributed by atoms with van der Waals surface area (Å²) in [7, 11) is 4.43. The first-order valence-electron chi connectivity index (χ1n) is 9.14. The summed E-state index contributed by atoms with van der Waals surface area (Å²) in [4.78, 5) is 5.18. The maximum Gasteiger partial charge on any atom is 0.0223 e. The Bertz CT molecular complexity index is 305. The van der Waals surface area contributed by atoms with E-state index in [1.54, 1.807) is 0 Å². The van der Waals surface area contributed by atoms with Crippen LogP contribution < -0.4 is 5.32 Å². The summed E-state index contributed by atoms with van der Waals surface area (Å²) in [6.07, 6.45) is 8.50. The van der Waals surface area contributed by atoms with Crippen LogP contribution in [0.25, 0.3) is 0 Å². The van der Waals surface area contributed by atoms with Crippen LogP contribution in [0.2, 0.25) is 0 Å². The van der Waals surface area contributed by atoms with E-state index in [4.69, 9.17) is 0 Å². The molecule has 3 heteroatoms. The number of hydrogen-bond donors (Lipinski definition) is 1. The van der Waals surface area contributed by atoms with Gasteiger partial charge in [0.25, 0.3) is 0 Å². The highest BCUT2D eigenvalue weighted by atomic mass is 15.2. The summed E-state index contributed by atoms with van der Waals surface area (Å²) in [5.74, 6) is 0.910. The number of likely N-dealkylation sites (tertiary alicyclic amines) is 1. The molecule has 0 radical (unpaired) electrons. The smallest absolute Gasteiger partial charge is 0.0223 e. The molecule has 124 valence electrons. The zero-order valence-corrected chi connectivity index (χ0v) is 14.8. The predicted octanol–water partition coefficient (Wildman–Crippen LogP) is 2.82. The second-order valence-corrected chi connectivity index (χ2v) is 8.01. The lowest BCUT2D eigenvalue weighted by Crippen LogP contribution is -2.49. The monoisotopic (exact) mass is 295 g/mol. The molecule has 21 heavy (non-hydrogen) atoms. The minimum absolute atomic E-state index is 0.530. The van der Waals surface area contributed by atoms with Crippen LogP contribution in [-0.4, -0.2) is 62.7 Å². The minimum atomic E-state index is 0.530. The molecule has 1 saturated heterocycles. The quantitative estimate of drug-likeness (QED) is 0.779. The second-order valence-electron chi connectivity index (χ2n) is 8.01. The molecular formula is C18H37N3. The van der Waals surface area contributed by atoms with Crippen molar-refractivity contribution in [3.8, 4) is 0 Å². The maximum absolute atomic E-state index is 3.67. The van der Waals surface area contributed by atoms with Crippen LogP contribution in [0.1, 0.15) is 52.4 Å². The second kappa shape index (κ2) is 7.94. The predicted molar refractivity (Wildman–Crippen MR) is 91.8 cm³/mol. The van der Waals surface area contributed by atoms with E-state index in [2.05, 4.69) is 43.1 Å². The molecule has 3 atom stereocenters. The minimum Gasteiger partial charge on any atom is -0.316 e. The van der Waals surface area contributed by atoms with Gasteiger partial charge < -0.3 is 10.2 Å². The van der Waals surface area contributed by atoms with E-state index >= 15 is 0 Å². The van der Waals surface area contributed by atoms with E-state index in [0.29, 0.717) is 5.41 Å². The van der Waals surface area contributed by atoms with Gasteiger partial charge in [-0.15, -0.1) is 0 Å². The normalized spacial score (nSPS) is 34.7. The molecule has 0 aromatic heterocycles. The summed E-state index contributed by atoms with van der Waals surface area (Å²) in [6.45, 7) is 10.9. The highest BCUT2D eigenvalue weighted by Crippen LogP contribution is 2.40. The lowest BCUT2D eigenvalue weighted by molar-refractivity contribution is 0.0684. The Morgan fingerprint density at radius 2 is 2.05 bits per heavy atom. The van der Waals surface area contributed by atoms with Gasteiger partial charge in [-0.1, -0.05) is 26.7 Å². The molecule has 1 N–H and O–H groups in total. The Balaban J connectivity index is 2.00. The van der Waals surface area contributed by atoms with Crippen LogP contribution in [-0.2, 0) is 0 Å². The van der Waals surface area contributed by atoms with Crippen molar-refractivity contribution in [1.82, 2.24) is 15.1 Å². The fourth-order valence-corrected chi connectivity index (χ4v) is 4.68. The first-order chi connectivity index (χ1) is 10.0. The van der Waals surface area contributed by atoms with Crippen molar-refractivity contribution >= 4 is 0 Å². The molecule has 0 bridgehead atoms. The zero-order valence-electron chi connectivity index (χ0n) is 14.8. The van der Waals surface area contributed by atoms with Crippen molar-refractivity contribution in [2.45, 2.75) is 58.4 Å². The lowest BCUT2D eigenvalue weighted by Gasteiger charge is -2.44. The number of likely N-dealkylation sites (N-methyl/N-ethyl adjacent to an activating group) is 1. The molecule has 1 aliphatic heterocycles. The third-order valence-electron chi connectivity index (χ3n) is 5.55. The molecule has 2 rings (SSSR count). The Hall–Kier alpha value is -0.120. The van der Waals surface area contributed by atoms with Crippen LogP contribution in [0.4, 0.5) is 0 Å². The van der Waals surface area contributed by atoms with Crippen molar-refractivity contribution in [2.75, 3.05) is 46.8 Å². The maximum atomic E-state index is 3.67. The van der Waals surface area contributed by atoms with E-state index < -0.39 is 0 Å². The van der Waals surface area contributed by atoms with Gasteiger partial charge in [-0.25, -0.2) is 0 Å². The summed E-state index contributed by atoms with van der Waals surface area (Å²) in [5, 5.41) is 3.67. The van der Waals surface area contributed by atoms with Crippen molar-refractivity contribution in [2.24, 2.45) is 11.3 Å². The molecule has 1 saturated carbocycles. The lowest BCUT2D eigenvalue weighted by atomic mass is 9.69. The van der Waals surface area contributed by atoms with Crippen LogP contribution in [0.5, 0.6) is 0 Å². The molecule has 2 fully saturated rings. The first kappa shape index (κ1) is 17.2. The molecular weight excluding hydrogens is 258 g/mol. The third kappa shape index (κ3) is 4.94. The Labute approximate surface area is 132 Å². The average molecular weight is 296 g/mol. The zero-order chi connectivity index (χ0) is 15.3. The van der Waals surface area contributed by atoms with Gasteiger partial charge in [-0.2, -0.15) is 0 Å². The topological polar surface area (TPSA) is 18.5 Å². The highest BCUT2D eigenvalue weighted by molar-refractivity contribution is 4.93. The van der Waals surface area contributed by atoms with Crippen molar-refractivity contribution in [3.63, 3.8) is 0 Å². The van der Waals surface area contributed by atoms with Crippen molar-refractivity contribution in [3.05, 3.63) is 0 Å². The molecule has 0 aromatic carbocycles. The van der Waals surface area contributed by atoms with Crippen LogP contribution >= 0.6 is 0 Å². The van der Waals surface area contributed by atoms with Gasteiger partial charge in [0.15, 0.2) is 0 Å². The van der Waals surface area contributed by atoms with Gasteiger partial charge in [0.05, 0.1) is 0 Å². The van der Waals surface area contributed by atoms with Crippen LogP contribution in [0, 0.1) is 11.3 Å². The molecule has 0 aromatic rings. The number of nitrogens with one attached hydrogen (secondary N) is 1. The largest absolute Gasteiger partial charge is 0.316 e. The van der Waals surface area contributed by atoms with E-state index in [1.807, 2.05) is 0 Å². The van der Waals surface area contributed by atoms with E-state index in [0.717, 1.165) is 18.5 Å². The fourth-order valence-electron chi connectivity index (χ4n) is 4.68. The van der Waals surface area contributed by atoms with Crippen molar-refractivity contribution < 1.29 is 0 Å². The molecule has 3 unspecified atom stereocenters. The van der Waals surface area contributed by atoms with Gasteiger partial charge in [0, 0.05) is 25.7 Å². The standard InChI is InChI=1S/C18H37N3/c1-5-19-14-18(10-6-8-16(2)12-18)15-21-11-7-9-17(21)13-20(3)4/h16-17,19H,5-15H2,1-4H3. The Morgan fingerprint density at radius 3 is 2.71 bits per heavy atom. The SMILES string of the molecule is CCNCC1(CN2CCCC2CN(C)C)CCCC(C)C1. The molecule has 1 aliphatic carbocycles. The van der Waals surface area contributed by atoms with Crippen LogP contribution in [0.3, 0.4) is 0 Å². The number of rotatable bonds is 7. The average Bonchev–Trinajstić information content (AvgIpc) is 2.83. The molecule has 1 heterocycles.